The van der Waals surface area contributed by atoms with Crippen molar-refractivity contribution in [3.63, 3.8) is 0 Å². The zero-order valence-electron chi connectivity index (χ0n) is 6.59. The Bertz CT molecular complexity index is 185. The van der Waals surface area contributed by atoms with Crippen LogP contribution in [0.5, 0.6) is 0 Å². The molecular formula is C10H10SSe+2. The molecule has 0 atom stereocenters. The minimum absolute atomic E-state index is 0.661. The zero-order valence-corrected chi connectivity index (χ0v) is 9.12. The van der Waals surface area contributed by atoms with Crippen LogP contribution in [0, 0.1) is 0 Å². The Morgan fingerprint density at radius 1 is 0.667 bits per heavy atom. The van der Waals surface area contributed by atoms with Gasteiger partial charge in [-0.1, -0.05) is 6.07 Å². The van der Waals surface area contributed by atoms with Gasteiger partial charge in [0, 0.05) is 0 Å². The van der Waals surface area contributed by atoms with E-state index in [0.29, 0.717) is 14.5 Å². The van der Waals surface area contributed by atoms with Crippen molar-refractivity contribution >= 4 is 25.8 Å². The average Bonchev–Trinajstić information content (AvgIpc) is 2.24. The van der Waals surface area contributed by atoms with E-state index in [-0.39, 0.29) is 0 Å². The van der Waals surface area contributed by atoms with Gasteiger partial charge in [-0.3, -0.25) is 0 Å². The minimum atomic E-state index is 0.661. The van der Waals surface area contributed by atoms with E-state index >= 15 is 0 Å². The van der Waals surface area contributed by atoms with E-state index in [2.05, 4.69) is 22.0 Å². The molecule has 0 N–H and O–H groups in total. The van der Waals surface area contributed by atoms with Crippen LogP contribution in [-0.4, -0.2) is 14.5 Å². The molecule has 0 bridgehead atoms. The first kappa shape index (κ1) is 9.53. The molecule has 2 heteroatoms. The first-order chi connectivity index (χ1) is 6.00. The van der Waals surface area contributed by atoms with E-state index in [1.54, 1.807) is 11.3 Å². The van der Waals surface area contributed by atoms with Crippen LogP contribution in [0.2, 0.25) is 0 Å². The van der Waals surface area contributed by atoms with Gasteiger partial charge < -0.3 is 0 Å². The Labute approximate surface area is 82.9 Å². The average molecular weight is 241 g/mol. The molecular weight excluding hydrogens is 231 g/mol. The van der Waals surface area contributed by atoms with Crippen molar-refractivity contribution in [1.82, 2.24) is 0 Å². The topological polar surface area (TPSA) is 0 Å². The van der Waals surface area contributed by atoms with Crippen molar-refractivity contribution in [3.05, 3.63) is 57.0 Å². The molecule has 0 aromatic carbocycles. The van der Waals surface area contributed by atoms with Gasteiger partial charge in [-0.15, -0.1) is 0 Å². The molecule has 0 fully saturated rings. The Morgan fingerprint density at radius 3 is 1.42 bits per heavy atom. The van der Waals surface area contributed by atoms with Crippen LogP contribution in [0.4, 0.5) is 0 Å². The molecule has 0 amide bonds. The predicted octanol–water partition coefficient (Wildman–Crippen LogP) is 3.05. The molecule has 2 aromatic heterocycles. The van der Waals surface area contributed by atoms with Gasteiger partial charge in [-0.05, 0) is 12.1 Å². The van der Waals surface area contributed by atoms with Crippen LogP contribution in [0.25, 0.3) is 0 Å². The molecule has 60 valence electrons. The predicted molar refractivity (Wildman–Crippen MR) is 56.5 cm³/mol. The van der Waals surface area contributed by atoms with Gasteiger partial charge in [0.25, 0.3) is 0 Å². The molecule has 2 aromatic rings. The maximum atomic E-state index is 2.19. The van der Waals surface area contributed by atoms with Crippen LogP contribution < -0.4 is 0 Å². The summed E-state index contributed by atoms with van der Waals surface area (Å²) in [6.07, 6.45) is 0. The van der Waals surface area contributed by atoms with Crippen molar-refractivity contribution in [2.45, 2.75) is 0 Å². The Kier molecular flexibility index (Phi) is 5.64. The molecule has 0 saturated carbocycles. The second-order valence-electron chi connectivity index (χ2n) is 1.97. The first-order valence-corrected chi connectivity index (χ1v) is 6.53. The van der Waals surface area contributed by atoms with Crippen LogP contribution in [0.3, 0.4) is 0 Å². The van der Waals surface area contributed by atoms with Gasteiger partial charge >= 0.3 is 42.6 Å². The zero-order chi connectivity index (χ0) is 8.49. The second-order valence-corrected chi connectivity index (χ2v) is 4.50. The van der Waals surface area contributed by atoms with Gasteiger partial charge in [-0.25, -0.2) is 0 Å². The molecule has 2 rings (SSSR count). The van der Waals surface area contributed by atoms with Crippen LogP contribution >= 0.6 is 11.3 Å². The molecule has 0 aliphatic heterocycles. The molecule has 0 radical (unpaired) electrons. The SMILES string of the molecule is c1cc[s+]cc1.c1cc[se+]cc1. The van der Waals surface area contributed by atoms with Crippen molar-refractivity contribution in [3.8, 4) is 0 Å². The van der Waals surface area contributed by atoms with Crippen molar-refractivity contribution in [2.75, 3.05) is 0 Å². The van der Waals surface area contributed by atoms with E-state index in [9.17, 15) is 0 Å². The Morgan fingerprint density at radius 2 is 1.25 bits per heavy atom. The fraction of sp³-hybridized carbons (Fsp3) is 0. The van der Waals surface area contributed by atoms with Gasteiger partial charge in [0.15, 0.2) is 10.8 Å². The molecule has 0 aliphatic rings. The molecule has 0 saturated heterocycles. The quantitative estimate of drug-likeness (QED) is 0.491. The third-order valence-electron chi connectivity index (χ3n) is 1.07. The monoisotopic (exact) mass is 242 g/mol. The third-order valence-corrected chi connectivity index (χ3v) is 3.02. The summed E-state index contributed by atoms with van der Waals surface area (Å²) in [7, 11) is 0. The van der Waals surface area contributed by atoms with Crippen LogP contribution in [-0.2, 0) is 0 Å². The summed E-state index contributed by atoms with van der Waals surface area (Å²) in [4.78, 5) is 4.38. The Balaban J connectivity index is 0.000000120. The van der Waals surface area contributed by atoms with E-state index in [4.69, 9.17) is 0 Å². The van der Waals surface area contributed by atoms with Crippen LogP contribution in [0.1, 0.15) is 0 Å². The van der Waals surface area contributed by atoms with Gasteiger partial charge in [0.1, 0.15) is 0 Å². The molecule has 2 heterocycles. The summed E-state index contributed by atoms with van der Waals surface area (Å²) < 4.78 is 0. The van der Waals surface area contributed by atoms with Crippen molar-refractivity contribution < 1.29 is 0 Å². The normalized spacial score (nSPS) is 8.00. The van der Waals surface area contributed by atoms with Gasteiger partial charge in [0.05, 0.1) is 0 Å². The van der Waals surface area contributed by atoms with Crippen molar-refractivity contribution in [1.29, 1.82) is 0 Å². The maximum absolute atomic E-state index is 2.19. The summed E-state index contributed by atoms with van der Waals surface area (Å²) in [6, 6.07) is 12.3. The fourth-order valence-corrected chi connectivity index (χ4v) is 1.99. The van der Waals surface area contributed by atoms with Gasteiger partial charge in [0.2, 0.25) is 11.3 Å². The molecule has 0 spiro atoms. The third kappa shape index (κ3) is 5.14. The molecule has 0 nitrogen and oxygen atoms in total. The second kappa shape index (κ2) is 7.11. The summed E-state index contributed by atoms with van der Waals surface area (Å²) in [6.45, 7) is 0. The fourth-order valence-electron chi connectivity index (χ4n) is 0.582. The molecule has 0 aliphatic carbocycles. The number of rotatable bonds is 0. The summed E-state index contributed by atoms with van der Waals surface area (Å²) in [5.74, 6) is 0. The Hall–Kier alpha value is -0.561. The van der Waals surface area contributed by atoms with Crippen molar-refractivity contribution in [2.24, 2.45) is 0 Å². The van der Waals surface area contributed by atoms with Crippen LogP contribution in [0.15, 0.2) is 57.0 Å². The van der Waals surface area contributed by atoms with E-state index in [1.165, 1.54) is 0 Å². The molecule has 12 heavy (non-hydrogen) atoms. The summed E-state index contributed by atoms with van der Waals surface area (Å²) in [5, 5.41) is 4.08. The first-order valence-electron chi connectivity index (χ1n) is 3.61. The van der Waals surface area contributed by atoms with Gasteiger partial charge in [-0.2, -0.15) is 0 Å². The van der Waals surface area contributed by atoms with E-state index in [1.807, 2.05) is 35.0 Å². The summed E-state index contributed by atoms with van der Waals surface area (Å²) >= 11 is 2.36. The standard InChI is InChI=1S/C5H5S.C5H5Se/c2*1-2-4-6-5-3-1/h2*1-5H/q2*+1. The van der Waals surface area contributed by atoms with E-state index in [0.717, 1.165) is 0 Å². The number of hydrogen-bond donors (Lipinski definition) is 0. The molecule has 0 unspecified atom stereocenters. The summed E-state index contributed by atoms with van der Waals surface area (Å²) in [5.41, 5.74) is 0. The number of hydrogen-bond acceptors (Lipinski definition) is 0. The van der Waals surface area contributed by atoms with E-state index < -0.39 is 0 Å².